The van der Waals surface area contributed by atoms with E-state index < -0.39 is 15.8 Å². The van der Waals surface area contributed by atoms with Gasteiger partial charge in [-0.2, -0.15) is 0 Å². The van der Waals surface area contributed by atoms with E-state index in [9.17, 15) is 17.6 Å². The van der Waals surface area contributed by atoms with Gasteiger partial charge < -0.3 is 4.90 Å². The Hall–Kier alpha value is -1.18. The molecule has 8 heteroatoms. The molecule has 0 radical (unpaired) electrons. The van der Waals surface area contributed by atoms with Crippen molar-refractivity contribution in [3.63, 3.8) is 0 Å². The van der Waals surface area contributed by atoms with Crippen molar-refractivity contribution in [3.05, 3.63) is 34.6 Å². The molecular formula is C14H18ClFN2O3S. The number of sulfonamides is 1. The molecular weight excluding hydrogens is 331 g/mol. The topological polar surface area (TPSA) is 57.7 Å². The summed E-state index contributed by atoms with van der Waals surface area (Å²) in [4.78, 5) is 14.0. The van der Waals surface area contributed by atoms with Gasteiger partial charge in [-0.3, -0.25) is 4.79 Å². The number of nitrogens with zero attached hydrogens (tertiary/aromatic N) is 2. The highest BCUT2D eigenvalue weighted by Crippen LogP contribution is 2.23. The molecule has 2 rings (SSSR count). The van der Waals surface area contributed by atoms with Crippen molar-refractivity contribution < 1.29 is 17.6 Å². The van der Waals surface area contributed by atoms with Crippen LogP contribution in [0, 0.1) is 5.82 Å². The van der Waals surface area contributed by atoms with Crippen LogP contribution in [0.15, 0.2) is 18.2 Å². The second-order valence-electron chi connectivity index (χ2n) is 5.43. The SMILES string of the molecule is CN(C1CCN(C(=O)c2ccc(F)cc2Cl)CC1)S(C)(=O)=O. The zero-order chi connectivity index (χ0) is 16.5. The summed E-state index contributed by atoms with van der Waals surface area (Å²) < 4.78 is 37.5. The maximum Gasteiger partial charge on any atom is 0.255 e. The second kappa shape index (κ2) is 6.52. The van der Waals surface area contributed by atoms with Crippen molar-refractivity contribution in [2.45, 2.75) is 18.9 Å². The summed E-state index contributed by atoms with van der Waals surface area (Å²) in [5.74, 6) is -0.750. The lowest BCUT2D eigenvalue weighted by Crippen LogP contribution is -2.47. The summed E-state index contributed by atoms with van der Waals surface area (Å²) in [5.41, 5.74) is 0.262. The van der Waals surface area contributed by atoms with Gasteiger partial charge in [-0.15, -0.1) is 0 Å². The monoisotopic (exact) mass is 348 g/mol. The van der Waals surface area contributed by atoms with Crippen molar-refractivity contribution in [2.24, 2.45) is 0 Å². The van der Waals surface area contributed by atoms with Gasteiger partial charge in [0.15, 0.2) is 0 Å². The molecule has 1 fully saturated rings. The standard InChI is InChI=1S/C14H18ClFN2O3S/c1-17(22(2,20)21)11-5-7-18(8-6-11)14(19)12-4-3-10(16)9-13(12)15/h3-4,9,11H,5-8H2,1-2H3. The lowest BCUT2D eigenvalue weighted by molar-refractivity contribution is 0.0686. The highest BCUT2D eigenvalue weighted by molar-refractivity contribution is 7.88. The molecule has 1 aromatic carbocycles. The van der Waals surface area contributed by atoms with Gasteiger partial charge >= 0.3 is 0 Å². The van der Waals surface area contributed by atoms with Crippen molar-refractivity contribution in [1.29, 1.82) is 0 Å². The molecule has 1 aliphatic heterocycles. The smallest absolute Gasteiger partial charge is 0.255 e. The predicted molar refractivity (Wildman–Crippen MR) is 82.9 cm³/mol. The molecule has 0 unspecified atom stereocenters. The first-order valence-corrected chi connectivity index (χ1v) is 9.10. The van der Waals surface area contributed by atoms with Crippen LogP contribution in [0.4, 0.5) is 4.39 Å². The van der Waals surface area contributed by atoms with E-state index in [1.165, 1.54) is 22.7 Å². The van der Waals surface area contributed by atoms with E-state index >= 15 is 0 Å². The van der Waals surface area contributed by atoms with Crippen LogP contribution in [0.1, 0.15) is 23.2 Å². The average Bonchev–Trinajstić information content (AvgIpc) is 2.45. The molecule has 0 bridgehead atoms. The second-order valence-corrected chi connectivity index (χ2v) is 7.88. The lowest BCUT2D eigenvalue weighted by atomic mass is 10.0. The Morgan fingerprint density at radius 3 is 2.45 bits per heavy atom. The molecule has 0 aliphatic carbocycles. The summed E-state index contributed by atoms with van der Waals surface area (Å²) in [7, 11) is -1.69. The van der Waals surface area contributed by atoms with Crippen LogP contribution >= 0.6 is 11.6 Å². The van der Waals surface area contributed by atoms with Crippen molar-refractivity contribution in [3.8, 4) is 0 Å². The molecule has 122 valence electrons. The molecule has 22 heavy (non-hydrogen) atoms. The van der Waals surface area contributed by atoms with E-state index in [2.05, 4.69) is 0 Å². The fourth-order valence-corrected chi connectivity index (χ4v) is 3.54. The molecule has 1 amide bonds. The molecule has 1 saturated heterocycles. The lowest BCUT2D eigenvalue weighted by Gasteiger charge is -2.35. The van der Waals surface area contributed by atoms with Gasteiger partial charge in [-0.1, -0.05) is 11.6 Å². The van der Waals surface area contributed by atoms with Crippen LogP contribution in [0.2, 0.25) is 5.02 Å². The third-order valence-electron chi connectivity index (χ3n) is 3.95. The summed E-state index contributed by atoms with van der Waals surface area (Å²) in [6.07, 6.45) is 2.30. The van der Waals surface area contributed by atoms with E-state index in [0.29, 0.717) is 25.9 Å². The number of piperidine rings is 1. The van der Waals surface area contributed by atoms with E-state index in [1.54, 1.807) is 11.9 Å². The number of hydrogen-bond donors (Lipinski definition) is 0. The Bertz CT molecular complexity index is 673. The van der Waals surface area contributed by atoms with E-state index in [1.807, 2.05) is 0 Å². The number of carbonyl (C=O) groups is 1. The molecule has 0 saturated carbocycles. The fourth-order valence-electron chi connectivity index (χ4n) is 2.54. The summed E-state index contributed by atoms with van der Waals surface area (Å²) in [6, 6.07) is 3.57. The van der Waals surface area contributed by atoms with Gasteiger partial charge in [0.2, 0.25) is 10.0 Å². The Morgan fingerprint density at radius 2 is 1.95 bits per heavy atom. The Morgan fingerprint density at radius 1 is 1.36 bits per heavy atom. The van der Waals surface area contributed by atoms with Crippen molar-refractivity contribution in [1.82, 2.24) is 9.21 Å². The highest BCUT2D eigenvalue weighted by Gasteiger charge is 2.29. The zero-order valence-corrected chi connectivity index (χ0v) is 14.0. The molecule has 5 nitrogen and oxygen atoms in total. The van der Waals surface area contributed by atoms with Crippen LogP contribution in [0.25, 0.3) is 0 Å². The quantitative estimate of drug-likeness (QED) is 0.839. The zero-order valence-electron chi connectivity index (χ0n) is 12.4. The highest BCUT2D eigenvalue weighted by atomic mass is 35.5. The number of likely N-dealkylation sites (tertiary alicyclic amines) is 1. The van der Waals surface area contributed by atoms with Gasteiger partial charge in [-0.25, -0.2) is 17.1 Å². The number of halogens is 2. The molecule has 0 N–H and O–H groups in total. The number of amides is 1. The Kier molecular flexibility index (Phi) is 5.09. The largest absolute Gasteiger partial charge is 0.338 e. The van der Waals surface area contributed by atoms with Gasteiger partial charge in [0, 0.05) is 26.2 Å². The van der Waals surface area contributed by atoms with Gasteiger partial charge in [0.1, 0.15) is 5.82 Å². The summed E-state index contributed by atoms with van der Waals surface area (Å²) in [5, 5.41) is 0.0837. The predicted octanol–water partition coefficient (Wildman–Crippen LogP) is 1.98. The third kappa shape index (κ3) is 3.77. The number of hydrogen-bond acceptors (Lipinski definition) is 3. The number of rotatable bonds is 3. The molecule has 1 heterocycles. The number of carbonyl (C=O) groups excluding carboxylic acids is 1. The molecule has 0 spiro atoms. The Balaban J connectivity index is 2.04. The van der Waals surface area contributed by atoms with E-state index in [4.69, 9.17) is 11.6 Å². The van der Waals surface area contributed by atoms with Crippen molar-refractivity contribution >= 4 is 27.5 Å². The minimum absolute atomic E-state index is 0.0837. The normalized spacial score (nSPS) is 17.0. The van der Waals surface area contributed by atoms with Crippen LogP contribution in [-0.2, 0) is 10.0 Å². The minimum atomic E-state index is -3.24. The maximum absolute atomic E-state index is 13.0. The summed E-state index contributed by atoms with van der Waals surface area (Å²) in [6.45, 7) is 0.883. The van der Waals surface area contributed by atoms with Gasteiger partial charge in [0.05, 0.1) is 16.8 Å². The van der Waals surface area contributed by atoms with Gasteiger partial charge in [0.25, 0.3) is 5.91 Å². The van der Waals surface area contributed by atoms with E-state index in [0.717, 1.165) is 6.07 Å². The van der Waals surface area contributed by atoms with Crippen LogP contribution in [0.3, 0.4) is 0 Å². The van der Waals surface area contributed by atoms with Gasteiger partial charge in [-0.05, 0) is 31.0 Å². The van der Waals surface area contributed by atoms with Crippen molar-refractivity contribution in [2.75, 3.05) is 26.4 Å². The maximum atomic E-state index is 13.0. The third-order valence-corrected chi connectivity index (χ3v) is 5.61. The average molecular weight is 349 g/mol. The molecule has 0 atom stereocenters. The number of benzene rings is 1. The molecule has 1 aromatic rings. The first-order valence-electron chi connectivity index (χ1n) is 6.87. The molecule has 0 aromatic heterocycles. The van der Waals surface area contributed by atoms with Crippen LogP contribution in [0.5, 0.6) is 0 Å². The first-order chi connectivity index (χ1) is 10.2. The fraction of sp³-hybridized carbons (Fsp3) is 0.500. The first kappa shape index (κ1) is 17.2. The van der Waals surface area contributed by atoms with Crippen LogP contribution in [-0.4, -0.2) is 56.0 Å². The summed E-state index contributed by atoms with van der Waals surface area (Å²) >= 11 is 5.91. The minimum Gasteiger partial charge on any atom is -0.338 e. The van der Waals surface area contributed by atoms with Crippen LogP contribution < -0.4 is 0 Å². The Labute approximate surface area is 134 Å². The molecule has 1 aliphatic rings. The van der Waals surface area contributed by atoms with E-state index in [-0.39, 0.29) is 22.5 Å².